The standard InChI is InChI=1S/C16H12FN5O/c1-10(14-13(17)3-2-6-18-14)15-20-16(23-21-15)11-5-8-22-12(9-11)4-7-19-22/h2-10H,1H3. The van der Waals surface area contributed by atoms with Crippen molar-refractivity contribution < 1.29 is 8.91 Å². The molecule has 7 heteroatoms. The van der Waals surface area contributed by atoms with Crippen molar-refractivity contribution in [2.75, 3.05) is 0 Å². The monoisotopic (exact) mass is 309 g/mol. The topological polar surface area (TPSA) is 69.1 Å². The van der Waals surface area contributed by atoms with Gasteiger partial charge in [0.25, 0.3) is 5.89 Å². The number of aromatic nitrogens is 5. The molecule has 4 aromatic rings. The Balaban J connectivity index is 1.69. The van der Waals surface area contributed by atoms with Crippen molar-refractivity contribution in [1.29, 1.82) is 0 Å². The largest absolute Gasteiger partial charge is 0.334 e. The number of halogens is 1. The Morgan fingerprint density at radius 2 is 2.13 bits per heavy atom. The van der Waals surface area contributed by atoms with E-state index in [-0.39, 0.29) is 5.82 Å². The molecule has 0 bridgehead atoms. The fraction of sp³-hybridized carbons (Fsp3) is 0.125. The van der Waals surface area contributed by atoms with E-state index in [4.69, 9.17) is 4.52 Å². The van der Waals surface area contributed by atoms with Crippen LogP contribution in [0.1, 0.15) is 24.4 Å². The van der Waals surface area contributed by atoms with Crippen LogP contribution < -0.4 is 0 Å². The molecule has 1 atom stereocenters. The van der Waals surface area contributed by atoms with Gasteiger partial charge in [0.05, 0.1) is 17.1 Å². The average molecular weight is 309 g/mol. The van der Waals surface area contributed by atoms with Crippen LogP contribution in [0.15, 0.2) is 53.4 Å². The minimum absolute atomic E-state index is 0.297. The molecule has 4 heterocycles. The van der Waals surface area contributed by atoms with Gasteiger partial charge in [0.2, 0.25) is 0 Å². The molecule has 4 rings (SSSR count). The predicted octanol–water partition coefficient (Wildman–Crippen LogP) is 3.07. The molecule has 23 heavy (non-hydrogen) atoms. The van der Waals surface area contributed by atoms with Gasteiger partial charge in [-0.1, -0.05) is 5.16 Å². The van der Waals surface area contributed by atoms with Crippen molar-refractivity contribution in [3.63, 3.8) is 0 Å². The molecule has 0 N–H and O–H groups in total. The van der Waals surface area contributed by atoms with Gasteiger partial charge in [-0.05, 0) is 37.3 Å². The van der Waals surface area contributed by atoms with Gasteiger partial charge in [-0.3, -0.25) is 4.98 Å². The second-order valence-electron chi connectivity index (χ2n) is 5.17. The summed E-state index contributed by atoms with van der Waals surface area (Å²) in [4.78, 5) is 8.44. The highest BCUT2D eigenvalue weighted by atomic mass is 19.1. The molecule has 0 radical (unpaired) electrons. The third-order valence-electron chi connectivity index (χ3n) is 3.67. The number of fused-ring (bicyclic) bond motifs is 1. The third-order valence-corrected chi connectivity index (χ3v) is 3.67. The number of nitrogens with zero attached hydrogens (tertiary/aromatic N) is 5. The van der Waals surface area contributed by atoms with Crippen LogP contribution in [-0.4, -0.2) is 24.7 Å². The Morgan fingerprint density at radius 1 is 1.22 bits per heavy atom. The van der Waals surface area contributed by atoms with Crippen LogP contribution in [0.3, 0.4) is 0 Å². The third kappa shape index (κ3) is 2.36. The molecule has 0 aliphatic carbocycles. The molecular weight excluding hydrogens is 297 g/mol. The first-order valence-corrected chi connectivity index (χ1v) is 7.10. The Hall–Kier alpha value is -3.09. The Kier molecular flexibility index (Phi) is 3.11. The van der Waals surface area contributed by atoms with Crippen molar-refractivity contribution >= 4 is 5.52 Å². The molecule has 0 aliphatic heterocycles. The number of hydrogen-bond acceptors (Lipinski definition) is 5. The van der Waals surface area contributed by atoms with Gasteiger partial charge in [-0.25, -0.2) is 8.91 Å². The lowest BCUT2D eigenvalue weighted by Gasteiger charge is -2.06. The summed E-state index contributed by atoms with van der Waals surface area (Å²) in [5, 5.41) is 8.10. The minimum atomic E-state index is -0.396. The van der Waals surface area contributed by atoms with Crippen LogP contribution in [0.25, 0.3) is 17.0 Å². The highest BCUT2D eigenvalue weighted by Crippen LogP contribution is 2.25. The fourth-order valence-electron chi connectivity index (χ4n) is 2.42. The maximum atomic E-state index is 13.8. The quantitative estimate of drug-likeness (QED) is 0.581. The number of rotatable bonds is 3. The van der Waals surface area contributed by atoms with E-state index in [1.807, 2.05) is 24.4 Å². The van der Waals surface area contributed by atoms with E-state index in [9.17, 15) is 4.39 Å². The van der Waals surface area contributed by atoms with Crippen LogP contribution in [0, 0.1) is 5.82 Å². The zero-order chi connectivity index (χ0) is 15.8. The van der Waals surface area contributed by atoms with Crippen molar-refractivity contribution in [2.24, 2.45) is 0 Å². The van der Waals surface area contributed by atoms with Crippen molar-refractivity contribution in [1.82, 2.24) is 24.7 Å². The maximum absolute atomic E-state index is 13.8. The molecule has 0 spiro atoms. The lowest BCUT2D eigenvalue weighted by atomic mass is 10.1. The highest BCUT2D eigenvalue weighted by molar-refractivity contribution is 5.61. The second-order valence-corrected chi connectivity index (χ2v) is 5.17. The smallest absolute Gasteiger partial charge is 0.258 e. The summed E-state index contributed by atoms with van der Waals surface area (Å²) in [6.07, 6.45) is 5.07. The van der Waals surface area contributed by atoms with Crippen molar-refractivity contribution in [3.8, 4) is 11.5 Å². The van der Waals surface area contributed by atoms with Gasteiger partial charge in [0, 0.05) is 24.2 Å². The summed E-state index contributed by atoms with van der Waals surface area (Å²) >= 11 is 0. The molecule has 0 aliphatic rings. The summed E-state index contributed by atoms with van der Waals surface area (Å²) in [6.45, 7) is 1.79. The summed E-state index contributed by atoms with van der Waals surface area (Å²) in [7, 11) is 0. The average Bonchev–Trinajstić information content (AvgIpc) is 3.23. The van der Waals surface area contributed by atoms with E-state index in [0.29, 0.717) is 17.4 Å². The van der Waals surface area contributed by atoms with Gasteiger partial charge in [-0.15, -0.1) is 0 Å². The van der Waals surface area contributed by atoms with Gasteiger partial charge in [0.15, 0.2) is 5.82 Å². The Bertz CT molecular complexity index is 977. The van der Waals surface area contributed by atoms with Crippen LogP contribution in [0.4, 0.5) is 4.39 Å². The van der Waals surface area contributed by atoms with Crippen LogP contribution in [0.5, 0.6) is 0 Å². The van der Waals surface area contributed by atoms with Gasteiger partial charge < -0.3 is 4.52 Å². The van der Waals surface area contributed by atoms with Crippen molar-refractivity contribution in [2.45, 2.75) is 12.8 Å². The zero-order valence-electron chi connectivity index (χ0n) is 12.2. The maximum Gasteiger partial charge on any atom is 0.258 e. The summed E-state index contributed by atoms with van der Waals surface area (Å²) < 4.78 is 20.9. The summed E-state index contributed by atoms with van der Waals surface area (Å²) in [6, 6.07) is 8.54. The molecule has 114 valence electrons. The van der Waals surface area contributed by atoms with Gasteiger partial charge >= 0.3 is 0 Å². The summed E-state index contributed by atoms with van der Waals surface area (Å²) in [5.74, 6) is -0.00250. The highest BCUT2D eigenvalue weighted by Gasteiger charge is 2.20. The SMILES string of the molecule is CC(c1noc(-c2ccn3nccc3c2)n1)c1ncccc1F. The normalized spacial score (nSPS) is 12.6. The molecule has 6 nitrogen and oxygen atoms in total. The zero-order valence-corrected chi connectivity index (χ0v) is 12.2. The first kappa shape index (κ1) is 13.6. The minimum Gasteiger partial charge on any atom is -0.334 e. The first-order valence-electron chi connectivity index (χ1n) is 7.10. The molecule has 0 saturated heterocycles. The number of hydrogen-bond donors (Lipinski definition) is 0. The molecule has 0 aromatic carbocycles. The molecule has 0 saturated carbocycles. The van der Waals surface area contributed by atoms with Crippen LogP contribution in [0.2, 0.25) is 0 Å². The van der Waals surface area contributed by atoms with E-state index in [0.717, 1.165) is 11.1 Å². The van der Waals surface area contributed by atoms with Gasteiger partial charge in [0.1, 0.15) is 5.82 Å². The van der Waals surface area contributed by atoms with Crippen LogP contribution in [-0.2, 0) is 0 Å². The predicted molar refractivity (Wildman–Crippen MR) is 80.2 cm³/mol. The fourth-order valence-corrected chi connectivity index (χ4v) is 2.42. The molecule has 0 fully saturated rings. The first-order chi connectivity index (χ1) is 11.2. The number of pyridine rings is 2. The molecular formula is C16H12FN5O. The Labute approximate surface area is 130 Å². The van der Waals surface area contributed by atoms with Crippen LogP contribution >= 0.6 is 0 Å². The van der Waals surface area contributed by atoms with Gasteiger partial charge in [-0.2, -0.15) is 10.1 Å². The van der Waals surface area contributed by atoms with E-state index in [1.54, 1.807) is 29.9 Å². The van der Waals surface area contributed by atoms with E-state index in [1.165, 1.54) is 6.07 Å². The lowest BCUT2D eigenvalue weighted by molar-refractivity contribution is 0.419. The molecule has 4 aromatic heterocycles. The van der Waals surface area contributed by atoms with Crippen molar-refractivity contribution in [3.05, 3.63) is 66.3 Å². The second kappa shape index (κ2) is 5.28. The summed E-state index contributed by atoms with van der Waals surface area (Å²) in [5.41, 5.74) is 2.00. The molecule has 1 unspecified atom stereocenters. The van der Waals surface area contributed by atoms with E-state index >= 15 is 0 Å². The lowest BCUT2D eigenvalue weighted by Crippen LogP contribution is -2.04. The van der Waals surface area contributed by atoms with E-state index < -0.39 is 5.92 Å². The Morgan fingerprint density at radius 3 is 3.00 bits per heavy atom. The molecule has 0 amide bonds. The van der Waals surface area contributed by atoms with E-state index in [2.05, 4.69) is 20.2 Å².